The van der Waals surface area contributed by atoms with E-state index in [1.807, 2.05) is 0 Å². The van der Waals surface area contributed by atoms with Crippen LogP contribution in [0.15, 0.2) is 18.2 Å². The van der Waals surface area contributed by atoms with Gasteiger partial charge in [0.2, 0.25) is 0 Å². The average molecular weight is 211 g/mol. The predicted octanol–water partition coefficient (Wildman–Crippen LogP) is 1.02. The number of aromatic hydroxyl groups is 1. The Morgan fingerprint density at radius 1 is 1.60 bits per heavy atom. The topological polar surface area (TPSA) is 89.7 Å². The Balaban J connectivity index is 2.93. The largest absolute Gasteiger partial charge is 0.507 e. The van der Waals surface area contributed by atoms with Crippen molar-refractivity contribution in [2.75, 3.05) is 7.11 Å². The zero-order chi connectivity index (χ0) is 11.4. The third kappa shape index (κ3) is 2.67. The molecule has 0 radical (unpaired) electrons. The maximum atomic E-state index is 10.9. The van der Waals surface area contributed by atoms with E-state index in [4.69, 9.17) is 0 Å². The molecule has 0 aliphatic heterocycles. The van der Waals surface area contributed by atoms with Crippen molar-refractivity contribution in [3.8, 4) is 5.75 Å². The molecule has 0 heterocycles. The van der Waals surface area contributed by atoms with Crippen LogP contribution in [0.25, 0.3) is 0 Å². The lowest BCUT2D eigenvalue weighted by atomic mass is 10.1. The van der Waals surface area contributed by atoms with Crippen molar-refractivity contribution >= 4 is 11.7 Å². The highest BCUT2D eigenvalue weighted by Gasteiger charge is 2.12. The summed E-state index contributed by atoms with van der Waals surface area (Å²) in [5.74, 6) is -0.797. The molecule has 0 saturated heterocycles. The van der Waals surface area contributed by atoms with E-state index in [9.17, 15) is 20.0 Å². The van der Waals surface area contributed by atoms with Crippen LogP contribution in [0, 0.1) is 10.1 Å². The maximum absolute atomic E-state index is 10.9. The zero-order valence-corrected chi connectivity index (χ0v) is 7.97. The molecular formula is C9H9NO5. The van der Waals surface area contributed by atoms with E-state index in [2.05, 4.69) is 4.74 Å². The number of phenols is 1. The highest BCUT2D eigenvalue weighted by molar-refractivity contribution is 5.73. The second-order valence-electron chi connectivity index (χ2n) is 2.82. The fourth-order valence-corrected chi connectivity index (χ4v) is 1.04. The number of hydrogen-bond donors (Lipinski definition) is 1. The number of carbonyl (C=O) groups excluding carboxylic acids is 1. The average Bonchev–Trinajstić information content (AvgIpc) is 2.20. The number of nitro benzene ring substituents is 1. The standard InChI is InChI=1S/C9H9NO5/c1-15-9(12)4-6-2-3-7(10(13)14)5-8(6)11/h2-3,5,11H,4H2,1H3. The lowest BCUT2D eigenvalue weighted by molar-refractivity contribution is -0.384. The molecule has 0 saturated carbocycles. The number of methoxy groups -OCH3 is 1. The van der Waals surface area contributed by atoms with Crippen LogP contribution in [-0.2, 0) is 16.0 Å². The highest BCUT2D eigenvalue weighted by Crippen LogP contribution is 2.23. The zero-order valence-electron chi connectivity index (χ0n) is 7.97. The smallest absolute Gasteiger partial charge is 0.310 e. The van der Waals surface area contributed by atoms with E-state index in [-0.39, 0.29) is 17.9 Å². The summed E-state index contributed by atoms with van der Waals surface area (Å²) >= 11 is 0. The number of non-ortho nitro benzene ring substituents is 1. The Morgan fingerprint density at radius 3 is 2.73 bits per heavy atom. The van der Waals surface area contributed by atoms with E-state index in [0.29, 0.717) is 5.56 Å². The van der Waals surface area contributed by atoms with Gasteiger partial charge in [-0.05, 0) is 6.07 Å². The Labute approximate surface area is 85.2 Å². The van der Waals surface area contributed by atoms with Crippen LogP contribution in [0.4, 0.5) is 5.69 Å². The van der Waals surface area contributed by atoms with Gasteiger partial charge in [0.15, 0.2) is 0 Å². The molecule has 15 heavy (non-hydrogen) atoms. The lowest BCUT2D eigenvalue weighted by Gasteiger charge is -2.02. The molecule has 6 heteroatoms. The van der Waals surface area contributed by atoms with Gasteiger partial charge >= 0.3 is 5.97 Å². The molecule has 1 rings (SSSR count). The summed E-state index contributed by atoms with van der Waals surface area (Å²) in [4.78, 5) is 20.6. The Morgan fingerprint density at radius 2 is 2.27 bits per heavy atom. The second-order valence-corrected chi connectivity index (χ2v) is 2.82. The van der Waals surface area contributed by atoms with Gasteiger partial charge in [-0.1, -0.05) is 0 Å². The molecule has 0 aliphatic carbocycles. The molecule has 0 bridgehead atoms. The van der Waals surface area contributed by atoms with Crippen molar-refractivity contribution in [3.05, 3.63) is 33.9 Å². The van der Waals surface area contributed by atoms with Crippen LogP contribution in [0.1, 0.15) is 5.56 Å². The number of benzene rings is 1. The van der Waals surface area contributed by atoms with Gasteiger partial charge in [-0.3, -0.25) is 14.9 Å². The normalized spacial score (nSPS) is 9.67. The highest BCUT2D eigenvalue weighted by atomic mass is 16.6. The van der Waals surface area contributed by atoms with Crippen LogP contribution in [0.2, 0.25) is 0 Å². The van der Waals surface area contributed by atoms with Crippen LogP contribution >= 0.6 is 0 Å². The SMILES string of the molecule is COC(=O)Cc1ccc([N+](=O)[O-])cc1O. The molecule has 0 fully saturated rings. The lowest BCUT2D eigenvalue weighted by Crippen LogP contribution is -2.04. The van der Waals surface area contributed by atoms with Gasteiger partial charge in [-0.25, -0.2) is 0 Å². The molecular weight excluding hydrogens is 202 g/mol. The molecule has 1 aromatic carbocycles. The van der Waals surface area contributed by atoms with Crippen LogP contribution in [-0.4, -0.2) is 23.1 Å². The summed E-state index contributed by atoms with van der Waals surface area (Å²) in [5.41, 5.74) is 0.0774. The summed E-state index contributed by atoms with van der Waals surface area (Å²) in [6.07, 6.45) is -0.111. The summed E-state index contributed by atoms with van der Waals surface area (Å²) < 4.78 is 4.40. The number of nitrogens with zero attached hydrogens (tertiary/aromatic N) is 1. The number of rotatable bonds is 3. The second kappa shape index (κ2) is 4.41. The summed E-state index contributed by atoms with van der Waals surface area (Å²) in [6, 6.07) is 3.54. The third-order valence-corrected chi connectivity index (χ3v) is 1.84. The van der Waals surface area contributed by atoms with Crippen molar-refractivity contribution in [2.24, 2.45) is 0 Å². The monoisotopic (exact) mass is 211 g/mol. The van der Waals surface area contributed by atoms with Gasteiger partial charge in [0, 0.05) is 11.6 Å². The van der Waals surface area contributed by atoms with Crippen molar-refractivity contribution in [3.63, 3.8) is 0 Å². The maximum Gasteiger partial charge on any atom is 0.310 e. The molecule has 0 atom stereocenters. The van der Waals surface area contributed by atoms with Gasteiger partial charge in [-0.2, -0.15) is 0 Å². The van der Waals surface area contributed by atoms with Crippen molar-refractivity contribution in [1.29, 1.82) is 0 Å². The van der Waals surface area contributed by atoms with Gasteiger partial charge < -0.3 is 9.84 Å². The minimum atomic E-state index is -0.623. The number of phenolic OH excluding ortho intramolecular Hbond substituents is 1. The molecule has 1 N–H and O–H groups in total. The first-order valence-corrected chi connectivity index (χ1v) is 4.07. The van der Waals surface area contributed by atoms with Crippen molar-refractivity contribution < 1.29 is 19.6 Å². The fourth-order valence-electron chi connectivity index (χ4n) is 1.04. The summed E-state index contributed by atoms with van der Waals surface area (Å²) in [6.45, 7) is 0. The van der Waals surface area contributed by atoms with Gasteiger partial charge in [0.05, 0.1) is 24.5 Å². The third-order valence-electron chi connectivity index (χ3n) is 1.84. The summed E-state index contributed by atoms with van der Waals surface area (Å²) in [5, 5.41) is 19.7. The molecule has 0 aromatic heterocycles. The number of ether oxygens (including phenoxy) is 1. The quantitative estimate of drug-likeness (QED) is 0.458. The molecule has 0 amide bonds. The van der Waals surface area contributed by atoms with E-state index >= 15 is 0 Å². The molecule has 6 nitrogen and oxygen atoms in total. The Kier molecular flexibility index (Phi) is 3.22. The molecule has 1 aromatic rings. The minimum absolute atomic E-state index is 0.111. The fraction of sp³-hybridized carbons (Fsp3) is 0.222. The summed E-state index contributed by atoms with van der Waals surface area (Å²) in [7, 11) is 1.23. The number of esters is 1. The Bertz CT molecular complexity index is 401. The van der Waals surface area contributed by atoms with E-state index in [0.717, 1.165) is 6.07 Å². The van der Waals surface area contributed by atoms with Crippen LogP contribution < -0.4 is 0 Å². The minimum Gasteiger partial charge on any atom is -0.507 e. The van der Waals surface area contributed by atoms with Crippen LogP contribution in [0.3, 0.4) is 0 Å². The van der Waals surface area contributed by atoms with E-state index in [1.165, 1.54) is 19.2 Å². The first kappa shape index (κ1) is 11.0. The first-order valence-electron chi connectivity index (χ1n) is 4.07. The van der Waals surface area contributed by atoms with E-state index in [1.54, 1.807) is 0 Å². The number of hydrogen-bond acceptors (Lipinski definition) is 5. The first-order chi connectivity index (χ1) is 7.04. The molecule has 0 aliphatic rings. The van der Waals surface area contributed by atoms with Gasteiger partial charge in [0.1, 0.15) is 5.75 Å². The Hall–Kier alpha value is -2.11. The van der Waals surface area contributed by atoms with Crippen molar-refractivity contribution in [2.45, 2.75) is 6.42 Å². The van der Waals surface area contributed by atoms with Crippen LogP contribution in [0.5, 0.6) is 5.75 Å². The molecule has 0 unspecified atom stereocenters. The molecule has 80 valence electrons. The predicted molar refractivity (Wildman–Crippen MR) is 50.5 cm³/mol. The van der Waals surface area contributed by atoms with Gasteiger partial charge in [0.25, 0.3) is 5.69 Å². The van der Waals surface area contributed by atoms with Crippen molar-refractivity contribution in [1.82, 2.24) is 0 Å². The van der Waals surface area contributed by atoms with E-state index < -0.39 is 10.9 Å². The number of nitro groups is 1. The molecule has 0 spiro atoms. The van der Waals surface area contributed by atoms with Gasteiger partial charge in [-0.15, -0.1) is 0 Å². The number of carbonyl (C=O) groups is 1.